The van der Waals surface area contributed by atoms with Crippen LogP contribution in [-0.4, -0.2) is 19.8 Å². The van der Waals surface area contributed by atoms with E-state index in [9.17, 15) is 4.39 Å². The minimum absolute atomic E-state index is 0.193. The maximum atomic E-state index is 12.8. The van der Waals surface area contributed by atoms with Crippen molar-refractivity contribution in [3.05, 3.63) is 35.6 Å². The predicted octanol–water partition coefficient (Wildman–Crippen LogP) is 3.15. The number of benzene rings is 1. The molecule has 0 aliphatic rings. The number of halogens is 1. The topological polar surface area (TPSA) is 21.3 Å². The number of hydrogen-bond acceptors (Lipinski definition) is 2. The summed E-state index contributed by atoms with van der Waals surface area (Å²) in [5.41, 5.74) is 1.09. The molecule has 3 heteroatoms. The van der Waals surface area contributed by atoms with Gasteiger partial charge in [-0.1, -0.05) is 26.0 Å². The van der Waals surface area contributed by atoms with Crippen LogP contribution in [0.2, 0.25) is 0 Å². The van der Waals surface area contributed by atoms with E-state index in [0.717, 1.165) is 5.56 Å². The standard InChI is InChI=1S/C14H22FNO/c1-10(2)14(9-17-4)16-11(3)12-5-7-13(15)8-6-12/h5-8,10-11,14,16H,9H2,1-4H3. The Kier molecular flexibility index (Phi) is 5.59. The van der Waals surface area contributed by atoms with Crippen LogP contribution >= 0.6 is 0 Å². The van der Waals surface area contributed by atoms with Crippen molar-refractivity contribution < 1.29 is 9.13 Å². The van der Waals surface area contributed by atoms with E-state index >= 15 is 0 Å². The molecule has 0 radical (unpaired) electrons. The lowest BCUT2D eigenvalue weighted by Crippen LogP contribution is -2.39. The van der Waals surface area contributed by atoms with Gasteiger partial charge >= 0.3 is 0 Å². The van der Waals surface area contributed by atoms with Crippen LogP contribution in [0.15, 0.2) is 24.3 Å². The number of ether oxygens (including phenoxy) is 1. The van der Waals surface area contributed by atoms with Gasteiger partial charge in [-0.25, -0.2) is 4.39 Å². The monoisotopic (exact) mass is 239 g/mol. The van der Waals surface area contributed by atoms with Crippen LogP contribution in [-0.2, 0) is 4.74 Å². The zero-order chi connectivity index (χ0) is 12.8. The first-order valence-corrected chi connectivity index (χ1v) is 6.05. The summed E-state index contributed by atoms with van der Waals surface area (Å²) in [6.45, 7) is 7.09. The summed E-state index contributed by atoms with van der Waals surface area (Å²) in [4.78, 5) is 0. The van der Waals surface area contributed by atoms with Gasteiger partial charge < -0.3 is 10.1 Å². The average molecular weight is 239 g/mol. The maximum Gasteiger partial charge on any atom is 0.123 e. The highest BCUT2D eigenvalue weighted by Crippen LogP contribution is 2.15. The summed E-state index contributed by atoms with van der Waals surface area (Å²) in [5.74, 6) is 0.302. The molecule has 1 aromatic rings. The van der Waals surface area contributed by atoms with Gasteiger partial charge in [0, 0.05) is 19.2 Å². The third-order valence-corrected chi connectivity index (χ3v) is 2.99. The molecule has 0 aromatic heterocycles. The van der Waals surface area contributed by atoms with Crippen molar-refractivity contribution in [2.75, 3.05) is 13.7 Å². The zero-order valence-electron chi connectivity index (χ0n) is 11.0. The lowest BCUT2D eigenvalue weighted by atomic mass is 10.0. The maximum absolute atomic E-state index is 12.8. The highest BCUT2D eigenvalue weighted by atomic mass is 19.1. The highest BCUT2D eigenvalue weighted by molar-refractivity contribution is 5.19. The minimum atomic E-state index is -0.196. The molecule has 0 fully saturated rings. The molecule has 0 heterocycles. The SMILES string of the molecule is COCC(NC(C)c1ccc(F)cc1)C(C)C. The molecular weight excluding hydrogens is 217 g/mol. The largest absolute Gasteiger partial charge is 0.383 e. The third-order valence-electron chi connectivity index (χ3n) is 2.99. The van der Waals surface area contributed by atoms with E-state index < -0.39 is 0 Å². The van der Waals surface area contributed by atoms with Crippen LogP contribution in [0.25, 0.3) is 0 Å². The van der Waals surface area contributed by atoms with E-state index in [1.54, 1.807) is 7.11 Å². The molecule has 1 rings (SSSR count). The summed E-state index contributed by atoms with van der Waals surface area (Å²) in [5, 5.41) is 3.51. The fourth-order valence-electron chi connectivity index (χ4n) is 1.78. The number of nitrogens with one attached hydrogen (secondary N) is 1. The quantitative estimate of drug-likeness (QED) is 0.823. The van der Waals surface area contributed by atoms with Gasteiger partial charge in [-0.3, -0.25) is 0 Å². The molecule has 1 N–H and O–H groups in total. The third kappa shape index (κ3) is 4.44. The number of hydrogen-bond donors (Lipinski definition) is 1. The average Bonchev–Trinajstić information content (AvgIpc) is 2.29. The first kappa shape index (κ1) is 14.1. The fraction of sp³-hybridized carbons (Fsp3) is 0.571. The van der Waals surface area contributed by atoms with Crippen molar-refractivity contribution in [2.24, 2.45) is 5.92 Å². The van der Waals surface area contributed by atoms with E-state index in [4.69, 9.17) is 4.74 Å². The Morgan fingerprint density at radius 1 is 1.18 bits per heavy atom. The summed E-state index contributed by atoms with van der Waals surface area (Å²) < 4.78 is 18.0. The zero-order valence-corrected chi connectivity index (χ0v) is 11.0. The Morgan fingerprint density at radius 3 is 2.24 bits per heavy atom. The smallest absolute Gasteiger partial charge is 0.123 e. The molecule has 0 aliphatic heterocycles. The molecule has 2 unspecified atom stereocenters. The lowest BCUT2D eigenvalue weighted by Gasteiger charge is -2.26. The van der Waals surface area contributed by atoms with Crippen molar-refractivity contribution in [3.63, 3.8) is 0 Å². The molecule has 0 bridgehead atoms. The second-order valence-electron chi connectivity index (χ2n) is 4.75. The van der Waals surface area contributed by atoms with Crippen molar-refractivity contribution >= 4 is 0 Å². The van der Waals surface area contributed by atoms with E-state index in [0.29, 0.717) is 18.6 Å². The number of rotatable bonds is 6. The van der Waals surface area contributed by atoms with Gasteiger partial charge in [0.2, 0.25) is 0 Å². The van der Waals surface area contributed by atoms with E-state index in [2.05, 4.69) is 26.1 Å². The second kappa shape index (κ2) is 6.72. The minimum Gasteiger partial charge on any atom is -0.383 e. The van der Waals surface area contributed by atoms with Crippen LogP contribution < -0.4 is 5.32 Å². The molecule has 0 amide bonds. The number of methoxy groups -OCH3 is 1. The van der Waals surface area contributed by atoms with Gasteiger partial charge in [-0.2, -0.15) is 0 Å². The molecule has 0 spiro atoms. The Bertz CT molecular complexity index is 323. The van der Waals surface area contributed by atoms with Gasteiger partial charge in [-0.05, 0) is 30.5 Å². The molecule has 1 aromatic carbocycles. The van der Waals surface area contributed by atoms with Gasteiger partial charge in [0.1, 0.15) is 5.82 Å². The van der Waals surface area contributed by atoms with Gasteiger partial charge in [0.05, 0.1) is 6.61 Å². The first-order chi connectivity index (χ1) is 8.04. The van der Waals surface area contributed by atoms with Crippen molar-refractivity contribution in [3.8, 4) is 0 Å². The molecule has 96 valence electrons. The van der Waals surface area contributed by atoms with Crippen LogP contribution in [0.3, 0.4) is 0 Å². The van der Waals surface area contributed by atoms with Crippen molar-refractivity contribution in [2.45, 2.75) is 32.9 Å². The second-order valence-corrected chi connectivity index (χ2v) is 4.75. The Balaban J connectivity index is 2.63. The normalized spacial score (nSPS) is 14.9. The van der Waals surface area contributed by atoms with Crippen molar-refractivity contribution in [1.82, 2.24) is 5.32 Å². The van der Waals surface area contributed by atoms with Crippen LogP contribution in [0.4, 0.5) is 4.39 Å². The fourth-order valence-corrected chi connectivity index (χ4v) is 1.78. The lowest BCUT2D eigenvalue weighted by molar-refractivity contribution is 0.141. The Hall–Kier alpha value is -0.930. The molecule has 17 heavy (non-hydrogen) atoms. The van der Waals surface area contributed by atoms with Gasteiger partial charge in [-0.15, -0.1) is 0 Å². The van der Waals surface area contributed by atoms with Crippen LogP contribution in [0.1, 0.15) is 32.4 Å². The van der Waals surface area contributed by atoms with Crippen molar-refractivity contribution in [1.29, 1.82) is 0 Å². The Morgan fingerprint density at radius 2 is 1.76 bits per heavy atom. The highest BCUT2D eigenvalue weighted by Gasteiger charge is 2.16. The van der Waals surface area contributed by atoms with Gasteiger partial charge in [0.15, 0.2) is 0 Å². The predicted molar refractivity (Wildman–Crippen MR) is 68.5 cm³/mol. The summed E-state index contributed by atoms with van der Waals surface area (Å²) in [6.07, 6.45) is 0. The van der Waals surface area contributed by atoms with Crippen LogP contribution in [0, 0.1) is 11.7 Å². The molecular formula is C14H22FNO. The van der Waals surface area contributed by atoms with E-state index in [1.807, 2.05) is 12.1 Å². The van der Waals surface area contributed by atoms with Crippen LogP contribution in [0.5, 0.6) is 0 Å². The molecule has 2 nitrogen and oxygen atoms in total. The summed E-state index contributed by atoms with van der Waals surface area (Å²) in [6, 6.07) is 7.12. The molecule has 0 aliphatic carbocycles. The molecule has 0 saturated heterocycles. The molecule has 2 atom stereocenters. The Labute approximate surface area is 103 Å². The summed E-state index contributed by atoms with van der Waals surface area (Å²) in [7, 11) is 1.71. The first-order valence-electron chi connectivity index (χ1n) is 6.05. The van der Waals surface area contributed by atoms with E-state index in [-0.39, 0.29) is 11.9 Å². The van der Waals surface area contributed by atoms with Gasteiger partial charge in [0.25, 0.3) is 0 Å². The molecule has 0 saturated carbocycles. The van der Waals surface area contributed by atoms with E-state index in [1.165, 1.54) is 12.1 Å². The summed E-state index contributed by atoms with van der Waals surface area (Å²) >= 11 is 0.